The van der Waals surface area contributed by atoms with E-state index in [0.717, 1.165) is 17.3 Å². The van der Waals surface area contributed by atoms with Crippen molar-refractivity contribution in [2.24, 2.45) is 0 Å². The van der Waals surface area contributed by atoms with Crippen molar-refractivity contribution in [1.29, 1.82) is 0 Å². The number of para-hydroxylation sites is 1. The molecule has 0 unspecified atom stereocenters. The molecule has 3 atom stereocenters. The highest BCUT2D eigenvalue weighted by Gasteiger charge is 2.32. The quantitative estimate of drug-likeness (QED) is 0.644. The fraction of sp³-hybridized carbons (Fsp3) is 0.429. The monoisotopic (exact) mass is 275 g/mol. The first-order chi connectivity index (χ1) is 9.66. The van der Waals surface area contributed by atoms with Crippen LogP contribution in [0, 0.1) is 0 Å². The van der Waals surface area contributed by atoms with E-state index >= 15 is 0 Å². The Labute approximate surface area is 115 Å². The minimum atomic E-state index is -0.919. The molecule has 106 valence electrons. The lowest BCUT2D eigenvalue weighted by Crippen LogP contribution is -2.51. The predicted molar refractivity (Wildman–Crippen MR) is 73.2 cm³/mol. The average Bonchev–Trinajstić information content (AvgIpc) is 2.88. The second-order valence-electron chi connectivity index (χ2n) is 5.19. The van der Waals surface area contributed by atoms with E-state index in [1.165, 1.54) is 0 Å². The maximum atomic E-state index is 12.3. The van der Waals surface area contributed by atoms with Gasteiger partial charge in [0.15, 0.2) is 5.69 Å². The zero-order valence-electron chi connectivity index (χ0n) is 10.9. The van der Waals surface area contributed by atoms with E-state index in [-0.39, 0.29) is 5.91 Å². The first-order valence-corrected chi connectivity index (χ1v) is 6.77. The minimum Gasteiger partial charge on any atom is -0.390 e. The molecule has 1 amide bonds. The van der Waals surface area contributed by atoms with Gasteiger partial charge >= 0.3 is 0 Å². The fourth-order valence-electron chi connectivity index (χ4n) is 2.69. The van der Waals surface area contributed by atoms with Gasteiger partial charge in [-0.25, -0.2) is 0 Å². The lowest BCUT2D eigenvalue weighted by molar-refractivity contribution is -0.0278. The van der Waals surface area contributed by atoms with Crippen LogP contribution < -0.4 is 5.32 Å². The smallest absolute Gasteiger partial charge is 0.272 e. The predicted octanol–water partition coefficient (Wildman–Crippen LogP) is 0.567. The fourth-order valence-corrected chi connectivity index (χ4v) is 2.69. The summed E-state index contributed by atoms with van der Waals surface area (Å²) in [5, 5.41) is 29.9. The number of aromatic amines is 1. The number of aromatic nitrogens is 2. The van der Waals surface area contributed by atoms with Crippen LogP contribution in [0.15, 0.2) is 24.3 Å². The van der Waals surface area contributed by atoms with E-state index in [2.05, 4.69) is 15.5 Å². The van der Waals surface area contributed by atoms with Gasteiger partial charge in [0.1, 0.15) is 0 Å². The van der Waals surface area contributed by atoms with Crippen molar-refractivity contribution in [2.75, 3.05) is 0 Å². The number of amides is 1. The number of rotatable bonds is 2. The molecule has 0 radical (unpaired) electrons. The molecule has 3 rings (SSSR count). The van der Waals surface area contributed by atoms with Crippen molar-refractivity contribution in [3.8, 4) is 0 Å². The number of fused-ring (bicyclic) bond motifs is 1. The number of hydrogen-bond donors (Lipinski definition) is 4. The van der Waals surface area contributed by atoms with Crippen LogP contribution >= 0.6 is 0 Å². The van der Waals surface area contributed by atoms with Gasteiger partial charge in [-0.2, -0.15) is 5.10 Å². The Balaban J connectivity index is 1.79. The number of aliphatic hydroxyl groups excluding tert-OH is 2. The Hall–Kier alpha value is -1.92. The van der Waals surface area contributed by atoms with Gasteiger partial charge in [0.25, 0.3) is 5.91 Å². The number of nitrogens with one attached hydrogen (secondary N) is 2. The Kier molecular flexibility index (Phi) is 3.42. The second kappa shape index (κ2) is 5.22. The molecule has 20 heavy (non-hydrogen) atoms. The Morgan fingerprint density at radius 2 is 2.10 bits per heavy atom. The van der Waals surface area contributed by atoms with Gasteiger partial charge in [-0.15, -0.1) is 0 Å². The number of carbonyl (C=O) groups is 1. The molecule has 6 heteroatoms. The zero-order valence-corrected chi connectivity index (χ0v) is 10.9. The van der Waals surface area contributed by atoms with E-state index in [1.54, 1.807) is 0 Å². The highest BCUT2D eigenvalue weighted by molar-refractivity contribution is 6.04. The number of H-pyrrole nitrogens is 1. The molecule has 0 spiro atoms. The molecule has 1 aromatic heterocycles. The van der Waals surface area contributed by atoms with Gasteiger partial charge < -0.3 is 15.5 Å². The third-order valence-electron chi connectivity index (χ3n) is 3.82. The van der Waals surface area contributed by atoms with Gasteiger partial charge in [0, 0.05) is 5.39 Å². The van der Waals surface area contributed by atoms with E-state index in [1.807, 2.05) is 24.3 Å². The summed E-state index contributed by atoms with van der Waals surface area (Å²) < 4.78 is 0. The number of hydrogen-bond acceptors (Lipinski definition) is 4. The maximum Gasteiger partial charge on any atom is 0.272 e. The lowest BCUT2D eigenvalue weighted by Gasteiger charge is -2.32. The summed E-state index contributed by atoms with van der Waals surface area (Å²) in [5.74, 6) is -0.333. The van der Waals surface area contributed by atoms with E-state index in [4.69, 9.17) is 0 Å². The molecule has 0 aliphatic heterocycles. The van der Waals surface area contributed by atoms with Crippen molar-refractivity contribution in [3.63, 3.8) is 0 Å². The summed E-state index contributed by atoms with van der Waals surface area (Å²) in [4.78, 5) is 12.3. The van der Waals surface area contributed by atoms with Crippen molar-refractivity contribution in [2.45, 2.75) is 37.5 Å². The highest BCUT2D eigenvalue weighted by Crippen LogP contribution is 2.20. The summed E-state index contributed by atoms with van der Waals surface area (Å²) >= 11 is 0. The topological polar surface area (TPSA) is 98.2 Å². The number of carbonyl (C=O) groups excluding carboxylic acids is 1. The number of benzene rings is 1. The van der Waals surface area contributed by atoms with Crippen LogP contribution in [0.1, 0.15) is 29.8 Å². The number of nitrogens with zero attached hydrogens (tertiary/aromatic N) is 1. The molecule has 1 heterocycles. The van der Waals surface area contributed by atoms with E-state index < -0.39 is 18.2 Å². The SMILES string of the molecule is O=C(N[C@@H]1CCC[C@@H](O)[C@@H]1O)c1n[nH]c2ccccc12. The van der Waals surface area contributed by atoms with Crippen LogP contribution in [0.5, 0.6) is 0 Å². The highest BCUT2D eigenvalue weighted by atomic mass is 16.3. The largest absolute Gasteiger partial charge is 0.390 e. The van der Waals surface area contributed by atoms with Crippen molar-refractivity contribution < 1.29 is 15.0 Å². The Bertz CT molecular complexity index is 625. The van der Waals surface area contributed by atoms with Crippen LogP contribution in [-0.2, 0) is 0 Å². The van der Waals surface area contributed by atoms with Crippen LogP contribution in [0.3, 0.4) is 0 Å². The third-order valence-corrected chi connectivity index (χ3v) is 3.82. The van der Waals surface area contributed by atoms with Crippen LogP contribution in [-0.4, -0.2) is 44.6 Å². The molecular weight excluding hydrogens is 258 g/mol. The molecular formula is C14H17N3O3. The lowest BCUT2D eigenvalue weighted by atomic mass is 9.90. The maximum absolute atomic E-state index is 12.3. The normalized spacial score (nSPS) is 26.6. The van der Waals surface area contributed by atoms with Crippen molar-refractivity contribution in [3.05, 3.63) is 30.0 Å². The molecule has 1 saturated carbocycles. The van der Waals surface area contributed by atoms with Crippen LogP contribution in [0.4, 0.5) is 0 Å². The first-order valence-electron chi connectivity index (χ1n) is 6.77. The van der Waals surface area contributed by atoms with E-state index in [0.29, 0.717) is 18.5 Å². The van der Waals surface area contributed by atoms with Crippen LogP contribution in [0.25, 0.3) is 10.9 Å². The molecule has 1 aromatic carbocycles. The molecule has 1 fully saturated rings. The third kappa shape index (κ3) is 2.28. The summed E-state index contributed by atoms with van der Waals surface area (Å²) in [6, 6.07) is 6.94. The van der Waals surface area contributed by atoms with Crippen molar-refractivity contribution >= 4 is 16.8 Å². The summed E-state index contributed by atoms with van der Waals surface area (Å²) in [6.07, 6.45) is 0.318. The molecule has 1 aliphatic rings. The van der Waals surface area contributed by atoms with Gasteiger partial charge in [-0.05, 0) is 25.3 Å². The van der Waals surface area contributed by atoms with E-state index in [9.17, 15) is 15.0 Å². The molecule has 6 nitrogen and oxygen atoms in total. The van der Waals surface area contributed by atoms with Gasteiger partial charge in [-0.1, -0.05) is 18.2 Å². The average molecular weight is 275 g/mol. The molecule has 0 saturated heterocycles. The molecule has 1 aliphatic carbocycles. The van der Waals surface area contributed by atoms with Crippen LogP contribution in [0.2, 0.25) is 0 Å². The minimum absolute atomic E-state index is 0.313. The van der Waals surface area contributed by atoms with Gasteiger partial charge in [-0.3, -0.25) is 9.89 Å². The second-order valence-corrected chi connectivity index (χ2v) is 5.19. The van der Waals surface area contributed by atoms with Gasteiger partial charge in [0.2, 0.25) is 0 Å². The Morgan fingerprint density at radius 1 is 1.30 bits per heavy atom. The molecule has 4 N–H and O–H groups in total. The zero-order chi connectivity index (χ0) is 14.1. The first kappa shape index (κ1) is 13.1. The molecule has 0 bridgehead atoms. The summed E-state index contributed by atoms with van der Waals surface area (Å²) in [7, 11) is 0. The number of aliphatic hydroxyl groups is 2. The standard InChI is InChI=1S/C14H17N3O3/c18-11-7-3-6-10(13(11)19)15-14(20)12-8-4-1-2-5-9(8)16-17-12/h1-2,4-5,10-11,13,18-19H,3,6-7H2,(H,15,20)(H,16,17)/t10-,11-,13-/m1/s1. The Morgan fingerprint density at radius 3 is 2.95 bits per heavy atom. The summed E-state index contributed by atoms with van der Waals surface area (Å²) in [5.41, 5.74) is 1.11. The van der Waals surface area contributed by atoms with Crippen molar-refractivity contribution in [1.82, 2.24) is 15.5 Å². The molecule has 2 aromatic rings. The van der Waals surface area contributed by atoms with Gasteiger partial charge in [0.05, 0.1) is 23.8 Å². The summed E-state index contributed by atoms with van der Waals surface area (Å²) in [6.45, 7) is 0.